The number of anilines is 1. The van der Waals surface area contributed by atoms with Crippen LogP contribution in [-0.2, 0) is 19.1 Å². The third-order valence-electron chi connectivity index (χ3n) is 13.6. The normalized spacial score (nSPS) is 26.5. The van der Waals surface area contributed by atoms with Gasteiger partial charge >= 0.3 is 18.2 Å². The van der Waals surface area contributed by atoms with Gasteiger partial charge in [-0.2, -0.15) is 13.2 Å². The predicted molar refractivity (Wildman–Crippen MR) is 250 cm³/mol. The number of likely N-dealkylation sites (tertiary alicyclic amines) is 1. The maximum Gasteiger partial charge on any atom is 0.408 e. The van der Waals surface area contributed by atoms with Crippen LogP contribution < -0.4 is 25.4 Å². The molecule has 4 heterocycles. The molecule has 68 heavy (non-hydrogen) atoms. The Labute approximate surface area is 402 Å². The molecule has 4 N–H and O–H groups in total. The van der Waals surface area contributed by atoms with Gasteiger partial charge in [-0.15, -0.1) is 17.9 Å². The van der Waals surface area contributed by atoms with Gasteiger partial charge in [-0.3, -0.25) is 19.4 Å². The molecule has 8 atom stereocenters. The van der Waals surface area contributed by atoms with Crippen LogP contribution in [0.25, 0.3) is 22.3 Å². The molecule has 0 spiro atoms. The largest absolute Gasteiger partial charge is 0.491 e. The maximum atomic E-state index is 14.8. The summed E-state index contributed by atoms with van der Waals surface area (Å²) in [6, 6.07) is 2.93. The number of benzene rings is 1. The van der Waals surface area contributed by atoms with Crippen LogP contribution in [0.4, 0.5) is 23.1 Å². The van der Waals surface area contributed by atoms with Crippen molar-refractivity contribution >= 4 is 62.8 Å². The molecular weight excluding hydrogens is 929 g/mol. The lowest BCUT2D eigenvalue weighted by Crippen LogP contribution is -2.59. The molecule has 5 aliphatic rings. The van der Waals surface area contributed by atoms with Gasteiger partial charge < -0.3 is 40.2 Å². The number of nitrogens with zero attached hydrogens (tertiary/aromatic N) is 5. The number of amides is 3. The molecule has 2 unspecified atom stereocenters. The number of ether oxygens (including phenoxy) is 3. The lowest BCUT2D eigenvalue weighted by Gasteiger charge is -2.35. The summed E-state index contributed by atoms with van der Waals surface area (Å²) in [6.07, 6.45) is -1.70. The highest BCUT2D eigenvalue weighted by Gasteiger charge is 2.61. The Morgan fingerprint density at radius 1 is 1.00 bits per heavy atom. The number of alkyl carbamates (subject to hydrolysis) is 1. The van der Waals surface area contributed by atoms with E-state index in [4.69, 9.17) is 35.8 Å². The minimum Gasteiger partial charge on any atom is -0.491 e. The summed E-state index contributed by atoms with van der Waals surface area (Å²) in [7, 11) is 0. The molecule has 5 fully saturated rings. The smallest absolute Gasteiger partial charge is 0.408 e. The minimum absolute atomic E-state index is 0.0319. The molecule has 3 amide bonds. The van der Waals surface area contributed by atoms with E-state index < -0.39 is 71.7 Å². The SMILES string of the molecule is C=C[C@@H]1C[C@]1(NC(=O)[C@@H]1CC(Oc2cc(-c3csc(NC(C)C)n3)nc3c(Cl)c(OCCN4CCN(CC(F)(F)F)CC4)ccc23)CN1C(=O)[C@@H](NC(=O)OC1C[C@@H]2C[C@@H]2C1)C(C)(C)C)C(=O)O. The number of halogens is 4. The van der Waals surface area contributed by atoms with E-state index in [1.54, 1.807) is 39.0 Å². The first-order valence-electron chi connectivity index (χ1n) is 23.2. The van der Waals surface area contributed by atoms with E-state index in [1.165, 1.54) is 27.2 Å². The maximum absolute atomic E-state index is 14.8. The molecule has 8 rings (SSSR count). The molecule has 3 saturated carbocycles. The highest BCUT2D eigenvalue weighted by molar-refractivity contribution is 7.14. The summed E-state index contributed by atoms with van der Waals surface area (Å²) in [5.74, 6) is -1.18. The van der Waals surface area contributed by atoms with Crippen LogP contribution in [0.3, 0.4) is 0 Å². The third-order valence-corrected chi connectivity index (χ3v) is 14.7. The highest BCUT2D eigenvalue weighted by Crippen LogP contribution is 2.52. The van der Waals surface area contributed by atoms with Gasteiger partial charge in [-0.1, -0.05) is 38.4 Å². The lowest BCUT2D eigenvalue weighted by molar-refractivity contribution is -0.149. The number of pyridine rings is 1. The molecule has 0 radical (unpaired) electrons. The number of alkyl halides is 3. The van der Waals surface area contributed by atoms with Crippen molar-refractivity contribution in [2.24, 2.45) is 23.2 Å². The molecule has 21 heteroatoms. The van der Waals surface area contributed by atoms with E-state index in [1.807, 2.05) is 24.1 Å². The number of carbonyl (C=O) groups is 4. The number of piperazine rings is 1. The Kier molecular flexibility index (Phi) is 14.2. The first-order chi connectivity index (χ1) is 32.1. The van der Waals surface area contributed by atoms with E-state index >= 15 is 0 Å². The molecule has 0 bridgehead atoms. The summed E-state index contributed by atoms with van der Waals surface area (Å²) in [4.78, 5) is 69.5. The number of carboxylic acids is 1. The van der Waals surface area contributed by atoms with Crippen molar-refractivity contribution in [3.8, 4) is 22.9 Å². The van der Waals surface area contributed by atoms with Gasteiger partial charge in [0.2, 0.25) is 11.8 Å². The van der Waals surface area contributed by atoms with Gasteiger partial charge in [0.05, 0.1) is 24.3 Å². The van der Waals surface area contributed by atoms with Crippen molar-refractivity contribution < 1.29 is 51.7 Å². The summed E-state index contributed by atoms with van der Waals surface area (Å²) in [5.41, 5.74) is -1.14. The molecule has 3 aliphatic carbocycles. The Morgan fingerprint density at radius 2 is 1.71 bits per heavy atom. The van der Waals surface area contributed by atoms with Crippen molar-refractivity contribution in [2.45, 2.75) is 109 Å². The molecule has 3 aromatic rings. The van der Waals surface area contributed by atoms with Gasteiger partial charge in [-0.05, 0) is 68.9 Å². The molecule has 1 aromatic carbocycles. The average molecular weight is 990 g/mol. The monoisotopic (exact) mass is 988 g/mol. The Hall–Kier alpha value is -4.92. The topological polar surface area (TPSA) is 188 Å². The standard InChI is InChI=1S/C47H60ClF3N8O8S/c1-7-28-21-46(28,42(62)63)56-40(60)34-19-30(22-59(34)41(61)39(45(4,5)6)55-44(64)67-29-17-26-16-27(26)18-29)66-36-20-32(33-23-68-43(54-33)52-25(2)3)53-38-31(36)8-9-35(37(38)48)65-15-14-57-10-12-58(13-11-57)24-47(49,50)51/h7-9,20,23,25-30,34,39H,1,10-19,21-22,24H2,2-6H3,(H,52,54)(H,55,64)(H,56,60)(H,62,63)/t26-,27+,28-,29?,30?,34+,39-,46-/m1/s1. The first-order valence-corrected chi connectivity index (χ1v) is 24.5. The van der Waals surface area contributed by atoms with Crippen LogP contribution in [0.5, 0.6) is 11.5 Å². The van der Waals surface area contributed by atoms with Crippen LogP contribution >= 0.6 is 22.9 Å². The number of carboxylic acid groups (broad SMARTS) is 1. The van der Waals surface area contributed by atoms with Gasteiger partial charge in [0.15, 0.2) is 5.13 Å². The third kappa shape index (κ3) is 11.2. The van der Waals surface area contributed by atoms with Crippen molar-refractivity contribution in [3.63, 3.8) is 0 Å². The molecule has 2 saturated heterocycles. The van der Waals surface area contributed by atoms with Gasteiger partial charge in [0, 0.05) is 67.9 Å². The number of rotatable bonds is 17. The number of aromatic nitrogens is 2. The summed E-state index contributed by atoms with van der Waals surface area (Å²) in [6.45, 7) is 14.2. The predicted octanol–water partition coefficient (Wildman–Crippen LogP) is 6.82. The molecule has 2 aliphatic heterocycles. The second-order valence-electron chi connectivity index (χ2n) is 20.2. The minimum atomic E-state index is -4.25. The fourth-order valence-corrected chi connectivity index (χ4v) is 10.8. The zero-order valence-corrected chi connectivity index (χ0v) is 40.4. The second kappa shape index (κ2) is 19.5. The van der Waals surface area contributed by atoms with E-state index in [9.17, 15) is 37.5 Å². The summed E-state index contributed by atoms with van der Waals surface area (Å²) >= 11 is 8.48. The van der Waals surface area contributed by atoms with Gasteiger partial charge in [0.25, 0.3) is 0 Å². The van der Waals surface area contributed by atoms with Crippen LogP contribution in [0, 0.1) is 23.2 Å². The van der Waals surface area contributed by atoms with E-state index in [2.05, 4.69) is 22.5 Å². The summed E-state index contributed by atoms with van der Waals surface area (Å²) < 4.78 is 57.5. The number of thiazole rings is 1. The number of hydrogen-bond acceptors (Lipinski definition) is 13. The Bertz CT molecular complexity index is 2400. The number of fused-ring (bicyclic) bond motifs is 2. The van der Waals surface area contributed by atoms with Crippen molar-refractivity contribution in [2.75, 3.05) is 57.7 Å². The van der Waals surface area contributed by atoms with Crippen molar-refractivity contribution in [3.05, 3.63) is 41.3 Å². The number of aliphatic carboxylic acids is 1. The molecule has 2 aromatic heterocycles. The van der Waals surface area contributed by atoms with Crippen LogP contribution in [0.2, 0.25) is 5.02 Å². The van der Waals surface area contributed by atoms with Crippen LogP contribution in [0.15, 0.2) is 36.2 Å². The van der Waals surface area contributed by atoms with Crippen molar-refractivity contribution in [1.82, 2.24) is 35.3 Å². The van der Waals surface area contributed by atoms with E-state index in [0.717, 1.165) is 19.3 Å². The van der Waals surface area contributed by atoms with E-state index in [0.29, 0.717) is 70.4 Å². The highest BCUT2D eigenvalue weighted by atomic mass is 35.5. The number of carbonyl (C=O) groups excluding carboxylic acids is 3. The Morgan fingerprint density at radius 3 is 2.34 bits per heavy atom. The average Bonchev–Trinajstić information content (AvgIpc) is 3.93. The van der Waals surface area contributed by atoms with Gasteiger partial charge in [0.1, 0.15) is 58.7 Å². The first kappa shape index (κ1) is 49.5. The molecule has 370 valence electrons. The van der Waals surface area contributed by atoms with E-state index in [-0.39, 0.29) is 56.3 Å². The lowest BCUT2D eigenvalue weighted by atomic mass is 9.85. The fraction of sp³-hybridized carbons (Fsp3) is 0.617. The quantitative estimate of drug-likeness (QED) is 0.103. The van der Waals surface area contributed by atoms with Crippen LogP contribution in [0.1, 0.15) is 66.7 Å². The Balaban J connectivity index is 1.06. The number of nitrogens with one attached hydrogen (secondary N) is 3. The molecular formula is C47H60ClF3N8O8S. The van der Waals surface area contributed by atoms with Crippen LogP contribution in [-0.4, -0.2) is 148 Å². The van der Waals surface area contributed by atoms with Crippen molar-refractivity contribution in [1.29, 1.82) is 0 Å². The van der Waals surface area contributed by atoms with Gasteiger partial charge in [-0.25, -0.2) is 19.6 Å². The molecule has 16 nitrogen and oxygen atoms in total. The number of hydrogen-bond donors (Lipinski definition) is 4. The zero-order chi connectivity index (χ0) is 48.9. The summed E-state index contributed by atoms with van der Waals surface area (Å²) in [5, 5.41) is 22.2. The second-order valence-corrected chi connectivity index (χ2v) is 21.4. The zero-order valence-electron chi connectivity index (χ0n) is 38.9. The fourth-order valence-electron chi connectivity index (χ4n) is 9.71.